The number of aryl methyl sites for hydroxylation is 1. The number of hydrogen-bond acceptors (Lipinski definition) is 3. The molecule has 3 aromatic heterocycles. The summed E-state index contributed by atoms with van der Waals surface area (Å²) >= 11 is 1.69. The number of thiophene rings is 1. The Morgan fingerprint density at radius 3 is 2.06 bits per heavy atom. The Balaban J connectivity index is 0.000000229. The fourth-order valence-electron chi connectivity index (χ4n) is 6.26. The van der Waals surface area contributed by atoms with Crippen molar-refractivity contribution in [2.75, 3.05) is 0 Å². The maximum Gasteiger partial charge on any atom is 0.0799 e. The van der Waals surface area contributed by atoms with Crippen molar-refractivity contribution in [2.45, 2.75) is 85.7 Å². The standard InChI is InChI=1S/C27H22NS.C20H28NSi.Ir/c1-17(2)24-15-25(28-16-18(24)3)23-11-7-10-22-21-13-12-20(14-26(21)29-27(22)23)19-8-5-4-6-9-19;1-14(2)16-8-10-17(11-9-16)19-12-18(15(3)4)20(13-21-19)22(5,6)7;/h4-10,12-17H,1-3H3;8-10,12-15H,1-7H3;/q2*-1;/i3D3,17D;14D,15D;. The molecule has 0 amide bonds. The second-order valence-electron chi connectivity index (χ2n) is 14.7. The Bertz CT molecular complexity index is 2540. The largest absolute Gasteiger partial charge is 0.305 e. The summed E-state index contributed by atoms with van der Waals surface area (Å²) in [6, 6.07) is 37.0. The van der Waals surface area contributed by atoms with E-state index in [1.54, 1.807) is 31.3 Å². The number of hydrogen-bond donors (Lipinski definition) is 0. The van der Waals surface area contributed by atoms with Crippen molar-refractivity contribution >= 4 is 44.8 Å². The first-order valence-electron chi connectivity index (χ1n) is 20.4. The van der Waals surface area contributed by atoms with Crippen molar-refractivity contribution in [1.82, 2.24) is 9.97 Å². The normalized spacial score (nSPS) is 14.2. The van der Waals surface area contributed by atoms with Crippen molar-refractivity contribution in [2.24, 2.45) is 0 Å². The van der Waals surface area contributed by atoms with Gasteiger partial charge in [0.25, 0.3) is 0 Å². The van der Waals surface area contributed by atoms with Gasteiger partial charge in [0.1, 0.15) is 0 Å². The average molecular weight is 901 g/mol. The first kappa shape index (κ1) is 31.8. The molecule has 4 aromatic carbocycles. The van der Waals surface area contributed by atoms with Crippen LogP contribution in [0, 0.1) is 19.0 Å². The molecule has 0 fully saturated rings. The molecule has 2 nitrogen and oxygen atoms in total. The van der Waals surface area contributed by atoms with Crippen LogP contribution in [0.4, 0.5) is 0 Å². The van der Waals surface area contributed by atoms with E-state index in [0.717, 1.165) is 38.0 Å². The molecule has 0 N–H and O–H groups in total. The van der Waals surface area contributed by atoms with Crippen LogP contribution in [0.25, 0.3) is 53.8 Å². The molecule has 3 heterocycles. The molecule has 5 heteroatoms. The summed E-state index contributed by atoms with van der Waals surface area (Å²) in [6.45, 7) is 15.6. The molecule has 0 aliphatic carbocycles. The summed E-state index contributed by atoms with van der Waals surface area (Å²) in [5, 5.41) is 3.54. The average Bonchev–Trinajstić information content (AvgIpc) is 3.51. The molecule has 7 rings (SSSR count). The Hall–Kier alpha value is -3.73. The minimum absolute atomic E-state index is 0. The quantitative estimate of drug-likeness (QED) is 0.118. The summed E-state index contributed by atoms with van der Waals surface area (Å²) in [6.07, 6.45) is 3.37. The maximum absolute atomic E-state index is 8.53. The van der Waals surface area contributed by atoms with Crippen molar-refractivity contribution in [3.63, 3.8) is 0 Å². The monoisotopic (exact) mass is 901 g/mol. The molecule has 0 unspecified atom stereocenters. The van der Waals surface area contributed by atoms with Gasteiger partial charge in [-0.05, 0) is 73.6 Å². The van der Waals surface area contributed by atoms with E-state index in [9.17, 15) is 0 Å². The fourth-order valence-corrected chi connectivity index (χ4v) is 9.09. The van der Waals surface area contributed by atoms with E-state index in [1.165, 1.54) is 32.6 Å². The predicted molar refractivity (Wildman–Crippen MR) is 225 cm³/mol. The van der Waals surface area contributed by atoms with Crippen LogP contribution in [0.3, 0.4) is 0 Å². The summed E-state index contributed by atoms with van der Waals surface area (Å²) in [5.74, 6) is -2.35. The zero-order chi connectivity index (χ0) is 41.7. The molecule has 0 aliphatic heterocycles. The van der Waals surface area contributed by atoms with Gasteiger partial charge in [0, 0.05) is 45.4 Å². The molecule has 7 aromatic rings. The first-order valence-corrected chi connectivity index (χ1v) is 21.7. The van der Waals surface area contributed by atoms with E-state index in [1.807, 2.05) is 76.4 Å². The van der Waals surface area contributed by atoms with Crippen LogP contribution in [-0.2, 0) is 20.1 Å². The number of benzene rings is 4. The topological polar surface area (TPSA) is 25.8 Å². The van der Waals surface area contributed by atoms with Gasteiger partial charge in [-0.2, -0.15) is 11.3 Å². The van der Waals surface area contributed by atoms with Gasteiger partial charge in [-0.1, -0.05) is 133 Å². The molecular formula is C47H50IrN2SSi-2. The zero-order valence-electron chi connectivity index (χ0n) is 37.5. The molecule has 0 saturated carbocycles. The molecule has 1 radical (unpaired) electrons. The Morgan fingerprint density at radius 2 is 1.42 bits per heavy atom. The molecule has 0 saturated heterocycles. The predicted octanol–water partition coefficient (Wildman–Crippen LogP) is 13.4. The van der Waals surface area contributed by atoms with Gasteiger partial charge in [-0.15, -0.1) is 59.2 Å². The molecule has 0 atom stereocenters. The van der Waals surface area contributed by atoms with Gasteiger partial charge in [0.15, 0.2) is 0 Å². The maximum atomic E-state index is 8.53. The Morgan fingerprint density at radius 1 is 0.712 bits per heavy atom. The van der Waals surface area contributed by atoms with Crippen LogP contribution in [0.1, 0.15) is 89.7 Å². The van der Waals surface area contributed by atoms with Gasteiger partial charge >= 0.3 is 0 Å². The van der Waals surface area contributed by atoms with Gasteiger partial charge in [-0.25, -0.2) is 0 Å². The summed E-state index contributed by atoms with van der Waals surface area (Å²) in [4.78, 5) is 9.16. The second-order valence-corrected chi connectivity index (χ2v) is 20.8. The van der Waals surface area contributed by atoms with Crippen LogP contribution in [-0.4, -0.2) is 18.0 Å². The third kappa shape index (κ3) is 8.56. The summed E-state index contributed by atoms with van der Waals surface area (Å²) in [7, 11) is -1.56. The second kappa shape index (κ2) is 16.5. The Labute approximate surface area is 338 Å². The molecule has 52 heavy (non-hydrogen) atoms. The van der Waals surface area contributed by atoms with E-state index < -0.39 is 32.6 Å². The van der Waals surface area contributed by atoms with E-state index in [4.69, 9.17) is 8.22 Å². The number of nitrogens with zero attached hydrogens (tertiary/aromatic N) is 2. The third-order valence-electron chi connectivity index (χ3n) is 9.16. The number of rotatable bonds is 7. The van der Waals surface area contributed by atoms with E-state index in [0.29, 0.717) is 11.3 Å². The number of fused-ring (bicyclic) bond motifs is 3. The van der Waals surface area contributed by atoms with Crippen LogP contribution in [0.2, 0.25) is 19.6 Å². The van der Waals surface area contributed by atoms with Crippen LogP contribution >= 0.6 is 11.3 Å². The van der Waals surface area contributed by atoms with Gasteiger partial charge < -0.3 is 9.97 Å². The first-order chi connectivity index (χ1) is 26.4. The molecule has 269 valence electrons. The molecule has 0 spiro atoms. The number of aromatic nitrogens is 2. The summed E-state index contributed by atoms with van der Waals surface area (Å²) in [5.41, 5.74) is 8.16. The van der Waals surface area contributed by atoms with Crippen molar-refractivity contribution in [3.8, 4) is 33.6 Å². The van der Waals surface area contributed by atoms with E-state index in [2.05, 4.69) is 84.2 Å². The smallest absolute Gasteiger partial charge is 0.0799 e. The summed E-state index contributed by atoms with van der Waals surface area (Å²) < 4.78 is 51.0. The number of pyridine rings is 2. The minimum atomic E-state index is -2.32. The van der Waals surface area contributed by atoms with Crippen LogP contribution in [0.15, 0.2) is 103 Å². The van der Waals surface area contributed by atoms with Gasteiger partial charge in [-0.3, -0.25) is 0 Å². The molecule has 0 bridgehead atoms. The zero-order valence-corrected chi connectivity index (χ0v) is 35.7. The van der Waals surface area contributed by atoms with Crippen molar-refractivity contribution < 1.29 is 28.3 Å². The third-order valence-corrected chi connectivity index (χ3v) is 12.4. The fraction of sp³-hybridized carbons (Fsp3) is 0.277. The molecule has 0 aliphatic rings. The molecular weight excluding hydrogens is 845 g/mol. The minimum Gasteiger partial charge on any atom is -0.305 e. The van der Waals surface area contributed by atoms with Gasteiger partial charge in [0.2, 0.25) is 0 Å². The van der Waals surface area contributed by atoms with Crippen LogP contribution in [0.5, 0.6) is 0 Å². The van der Waals surface area contributed by atoms with Crippen molar-refractivity contribution in [3.05, 3.63) is 138 Å². The Kier molecular flexibility index (Phi) is 10.1. The van der Waals surface area contributed by atoms with Gasteiger partial charge in [0.05, 0.1) is 8.07 Å². The van der Waals surface area contributed by atoms with E-state index in [-0.39, 0.29) is 25.7 Å². The van der Waals surface area contributed by atoms with Crippen molar-refractivity contribution in [1.29, 1.82) is 0 Å². The SMILES string of the molecule is [2H]C(C)(C)c1c[c-]c(-c2cc(C([2H])(C)C)c([Si](C)(C)C)cn2)cc1.[2H]C([2H])([2H])c1cnc(-c2[c-]ccc3c2sc2cc(-c4ccccc4)ccc23)cc1C([2H])(C)C.[Ir]. The van der Waals surface area contributed by atoms with Crippen LogP contribution < -0.4 is 5.19 Å². The van der Waals surface area contributed by atoms with E-state index >= 15 is 0 Å².